The largest absolute Gasteiger partial charge is 0.283 e. The van der Waals surface area contributed by atoms with Crippen LogP contribution in [-0.2, 0) is 6.42 Å². The van der Waals surface area contributed by atoms with Crippen LogP contribution in [0.3, 0.4) is 0 Å². The molecular formula is C11H15NS2. The summed E-state index contributed by atoms with van der Waals surface area (Å²) in [5, 5.41) is 3.54. The van der Waals surface area contributed by atoms with Crippen molar-refractivity contribution in [1.29, 1.82) is 0 Å². The van der Waals surface area contributed by atoms with Crippen LogP contribution in [0.2, 0.25) is 0 Å². The summed E-state index contributed by atoms with van der Waals surface area (Å²) < 4.78 is 0. The fraction of sp³-hybridized carbons (Fsp3) is 0.545. The fourth-order valence-corrected chi connectivity index (χ4v) is 3.26. The lowest BCUT2D eigenvalue weighted by molar-refractivity contribution is 0.866. The van der Waals surface area contributed by atoms with Gasteiger partial charge in [0.25, 0.3) is 0 Å². The van der Waals surface area contributed by atoms with Crippen molar-refractivity contribution < 1.29 is 0 Å². The molecule has 0 bridgehead atoms. The molecule has 1 aliphatic heterocycles. The Balaban J connectivity index is 1.70. The molecule has 0 radical (unpaired) electrons. The topological polar surface area (TPSA) is 12.4 Å². The molecule has 0 unspecified atom stereocenters. The maximum Gasteiger partial charge on any atom is 0.0676 e. The van der Waals surface area contributed by atoms with Gasteiger partial charge in [0, 0.05) is 17.2 Å². The minimum Gasteiger partial charge on any atom is -0.283 e. The highest BCUT2D eigenvalue weighted by atomic mass is 32.2. The molecule has 1 aromatic rings. The van der Waals surface area contributed by atoms with Crippen LogP contribution in [0, 0.1) is 0 Å². The molecule has 76 valence electrons. The van der Waals surface area contributed by atoms with Crippen molar-refractivity contribution in [2.45, 2.75) is 25.7 Å². The zero-order chi connectivity index (χ0) is 9.64. The first kappa shape index (κ1) is 10.2. The third-order valence-corrected chi connectivity index (χ3v) is 4.35. The Morgan fingerprint density at radius 1 is 1.36 bits per heavy atom. The van der Waals surface area contributed by atoms with Crippen LogP contribution in [-0.4, -0.2) is 17.3 Å². The molecule has 3 heteroatoms. The number of aryl methyl sites for hydroxylation is 1. The Morgan fingerprint density at radius 2 is 2.36 bits per heavy atom. The normalized spacial score (nSPS) is 16.7. The van der Waals surface area contributed by atoms with Gasteiger partial charge in [-0.05, 0) is 37.1 Å². The molecule has 1 nitrogen and oxygen atoms in total. The van der Waals surface area contributed by atoms with Crippen LogP contribution in [0.1, 0.15) is 24.1 Å². The highest BCUT2D eigenvalue weighted by Crippen LogP contribution is 2.18. The Kier molecular flexibility index (Phi) is 4.07. The number of thiophene rings is 1. The lowest BCUT2D eigenvalue weighted by atomic mass is 10.2. The molecule has 2 heterocycles. The van der Waals surface area contributed by atoms with Crippen LogP contribution in [0.5, 0.6) is 0 Å². The van der Waals surface area contributed by atoms with Gasteiger partial charge in [-0.3, -0.25) is 4.99 Å². The van der Waals surface area contributed by atoms with E-state index in [2.05, 4.69) is 22.5 Å². The van der Waals surface area contributed by atoms with E-state index in [0.717, 1.165) is 6.54 Å². The van der Waals surface area contributed by atoms with Crippen LogP contribution >= 0.6 is 23.1 Å². The SMILES string of the molecule is c1csc(CCCC2=NCCCS2)c1. The van der Waals surface area contributed by atoms with Crippen molar-refractivity contribution in [1.82, 2.24) is 0 Å². The van der Waals surface area contributed by atoms with Gasteiger partial charge in [-0.25, -0.2) is 0 Å². The zero-order valence-corrected chi connectivity index (χ0v) is 9.87. The first-order valence-electron chi connectivity index (χ1n) is 5.13. The van der Waals surface area contributed by atoms with Gasteiger partial charge in [0.1, 0.15) is 0 Å². The van der Waals surface area contributed by atoms with Crippen molar-refractivity contribution in [2.24, 2.45) is 4.99 Å². The maximum atomic E-state index is 4.53. The van der Waals surface area contributed by atoms with Crippen LogP contribution < -0.4 is 0 Å². The minimum absolute atomic E-state index is 1.06. The molecule has 0 N–H and O–H groups in total. The van der Waals surface area contributed by atoms with E-state index in [-0.39, 0.29) is 0 Å². The Morgan fingerprint density at radius 3 is 3.07 bits per heavy atom. The van der Waals surface area contributed by atoms with Gasteiger partial charge in [0.05, 0.1) is 5.04 Å². The van der Waals surface area contributed by atoms with E-state index in [1.165, 1.54) is 41.4 Å². The predicted octanol–water partition coefficient (Wildman–Crippen LogP) is 3.61. The van der Waals surface area contributed by atoms with Gasteiger partial charge in [-0.15, -0.1) is 23.1 Å². The highest BCUT2D eigenvalue weighted by Gasteiger charge is 2.05. The van der Waals surface area contributed by atoms with E-state index in [1.807, 2.05) is 23.1 Å². The van der Waals surface area contributed by atoms with Gasteiger partial charge in [0.15, 0.2) is 0 Å². The fourth-order valence-electron chi connectivity index (χ4n) is 1.52. The molecule has 0 saturated heterocycles. The maximum absolute atomic E-state index is 4.53. The molecule has 0 amide bonds. The second-order valence-electron chi connectivity index (χ2n) is 3.41. The summed E-state index contributed by atoms with van der Waals surface area (Å²) in [5.41, 5.74) is 0. The highest BCUT2D eigenvalue weighted by molar-refractivity contribution is 8.14. The monoisotopic (exact) mass is 225 g/mol. The summed E-state index contributed by atoms with van der Waals surface area (Å²) in [4.78, 5) is 6.04. The van der Waals surface area contributed by atoms with Gasteiger partial charge < -0.3 is 0 Å². The minimum atomic E-state index is 1.06. The molecule has 2 rings (SSSR count). The smallest absolute Gasteiger partial charge is 0.0676 e. The molecule has 14 heavy (non-hydrogen) atoms. The molecule has 0 fully saturated rings. The van der Waals surface area contributed by atoms with E-state index < -0.39 is 0 Å². The average molecular weight is 225 g/mol. The molecule has 1 aromatic heterocycles. The number of thioether (sulfide) groups is 1. The third-order valence-electron chi connectivity index (χ3n) is 2.25. The van der Waals surface area contributed by atoms with E-state index in [0.29, 0.717) is 0 Å². The van der Waals surface area contributed by atoms with Crippen molar-refractivity contribution in [2.75, 3.05) is 12.3 Å². The molecule has 0 spiro atoms. The Hall–Kier alpha value is -0.280. The third kappa shape index (κ3) is 3.14. The van der Waals surface area contributed by atoms with Crippen LogP contribution in [0.15, 0.2) is 22.5 Å². The van der Waals surface area contributed by atoms with Crippen molar-refractivity contribution in [3.63, 3.8) is 0 Å². The van der Waals surface area contributed by atoms with Crippen molar-refractivity contribution in [3.05, 3.63) is 22.4 Å². The summed E-state index contributed by atoms with van der Waals surface area (Å²) >= 11 is 3.82. The van der Waals surface area contributed by atoms with Gasteiger partial charge in [-0.2, -0.15) is 0 Å². The molecule has 1 aliphatic rings. The quantitative estimate of drug-likeness (QED) is 0.762. The summed E-state index contributed by atoms with van der Waals surface area (Å²) in [5.74, 6) is 1.28. The second-order valence-corrected chi connectivity index (χ2v) is 5.61. The first-order chi connectivity index (χ1) is 6.95. The first-order valence-corrected chi connectivity index (χ1v) is 7.00. The molecule has 0 aromatic carbocycles. The number of rotatable bonds is 4. The van der Waals surface area contributed by atoms with E-state index in [9.17, 15) is 0 Å². The van der Waals surface area contributed by atoms with E-state index >= 15 is 0 Å². The number of hydrogen-bond acceptors (Lipinski definition) is 3. The summed E-state index contributed by atoms with van der Waals surface area (Å²) in [6.45, 7) is 1.06. The Bertz CT molecular complexity index is 290. The number of nitrogens with zero attached hydrogens (tertiary/aromatic N) is 1. The van der Waals surface area contributed by atoms with Crippen LogP contribution in [0.25, 0.3) is 0 Å². The number of aliphatic imine (C=N–C) groups is 1. The molecular weight excluding hydrogens is 210 g/mol. The lowest BCUT2D eigenvalue weighted by Gasteiger charge is -2.10. The van der Waals surface area contributed by atoms with E-state index in [1.54, 1.807) is 0 Å². The zero-order valence-electron chi connectivity index (χ0n) is 8.24. The average Bonchev–Trinajstić information content (AvgIpc) is 2.72. The van der Waals surface area contributed by atoms with Gasteiger partial charge >= 0.3 is 0 Å². The molecule has 0 saturated carbocycles. The lowest BCUT2D eigenvalue weighted by Crippen LogP contribution is -2.03. The summed E-state index contributed by atoms with van der Waals surface area (Å²) in [6, 6.07) is 4.35. The predicted molar refractivity (Wildman–Crippen MR) is 66.6 cm³/mol. The van der Waals surface area contributed by atoms with E-state index in [4.69, 9.17) is 0 Å². The summed E-state index contributed by atoms with van der Waals surface area (Å²) in [7, 11) is 0. The molecule has 0 atom stereocenters. The standard InChI is InChI=1S/C11H15NS2/c1(4-10-5-2-8-13-10)6-11-12-7-3-9-14-11/h2,5,8H,1,3-4,6-7,9H2. The summed E-state index contributed by atoms with van der Waals surface area (Å²) in [6.07, 6.45) is 4.92. The Labute approximate surface area is 93.6 Å². The second kappa shape index (κ2) is 5.56. The van der Waals surface area contributed by atoms with Crippen LogP contribution in [0.4, 0.5) is 0 Å². The van der Waals surface area contributed by atoms with Gasteiger partial charge in [-0.1, -0.05) is 6.07 Å². The van der Waals surface area contributed by atoms with Crippen molar-refractivity contribution in [3.8, 4) is 0 Å². The molecule has 0 aliphatic carbocycles. The van der Waals surface area contributed by atoms with Gasteiger partial charge in [0.2, 0.25) is 0 Å². The number of hydrogen-bond donors (Lipinski definition) is 0. The van der Waals surface area contributed by atoms with Crippen molar-refractivity contribution >= 4 is 28.1 Å².